The lowest BCUT2D eigenvalue weighted by molar-refractivity contribution is -0.136. The fourth-order valence-electron chi connectivity index (χ4n) is 4.33. The van der Waals surface area contributed by atoms with Crippen molar-refractivity contribution < 1.29 is 14.4 Å². The van der Waals surface area contributed by atoms with E-state index in [-0.39, 0.29) is 18.0 Å². The van der Waals surface area contributed by atoms with Crippen LogP contribution in [0, 0.1) is 5.41 Å². The average molecular weight is 372 g/mol. The van der Waals surface area contributed by atoms with Crippen LogP contribution in [0.5, 0.6) is 0 Å². The van der Waals surface area contributed by atoms with E-state index in [9.17, 15) is 9.59 Å². The van der Waals surface area contributed by atoms with E-state index in [1.165, 1.54) is 9.96 Å². The van der Waals surface area contributed by atoms with Gasteiger partial charge in [0.25, 0.3) is 0 Å². The SMILES string of the molecule is CN1C(=O)N(OCc2ccccc2)CCC[C@H]1C(=O)NC1CC2(CNC2)C1. The number of carbonyl (C=O) groups is 2. The Balaban J connectivity index is 1.30. The van der Waals surface area contributed by atoms with Gasteiger partial charge in [-0.2, -0.15) is 0 Å². The molecule has 2 saturated heterocycles. The van der Waals surface area contributed by atoms with Gasteiger partial charge in [-0.3, -0.25) is 9.63 Å². The molecule has 146 valence electrons. The van der Waals surface area contributed by atoms with Crippen molar-refractivity contribution in [2.45, 2.75) is 44.4 Å². The fourth-order valence-corrected chi connectivity index (χ4v) is 4.33. The van der Waals surface area contributed by atoms with Crippen LogP contribution in [-0.2, 0) is 16.2 Å². The first kappa shape index (κ1) is 18.3. The van der Waals surface area contributed by atoms with Gasteiger partial charge in [0.2, 0.25) is 5.91 Å². The van der Waals surface area contributed by atoms with Crippen LogP contribution in [0.4, 0.5) is 4.79 Å². The van der Waals surface area contributed by atoms with Gasteiger partial charge in [0, 0.05) is 26.2 Å². The van der Waals surface area contributed by atoms with Crippen molar-refractivity contribution in [1.29, 1.82) is 0 Å². The summed E-state index contributed by atoms with van der Waals surface area (Å²) in [5.74, 6) is -0.0390. The van der Waals surface area contributed by atoms with Crippen molar-refractivity contribution in [3.05, 3.63) is 35.9 Å². The molecule has 1 aromatic carbocycles. The Morgan fingerprint density at radius 3 is 2.70 bits per heavy atom. The fraction of sp³-hybridized carbons (Fsp3) is 0.600. The van der Waals surface area contributed by atoms with Crippen LogP contribution < -0.4 is 10.6 Å². The first-order valence-electron chi connectivity index (χ1n) is 9.79. The highest BCUT2D eigenvalue weighted by Gasteiger charge is 2.49. The molecule has 27 heavy (non-hydrogen) atoms. The van der Waals surface area contributed by atoms with Crippen molar-refractivity contribution >= 4 is 11.9 Å². The van der Waals surface area contributed by atoms with Crippen LogP contribution >= 0.6 is 0 Å². The number of rotatable bonds is 5. The van der Waals surface area contributed by atoms with Crippen LogP contribution in [0.2, 0.25) is 0 Å². The van der Waals surface area contributed by atoms with E-state index >= 15 is 0 Å². The largest absolute Gasteiger partial charge is 0.352 e. The summed E-state index contributed by atoms with van der Waals surface area (Å²) in [5.41, 5.74) is 1.43. The molecular formula is C20H28N4O3. The highest BCUT2D eigenvalue weighted by molar-refractivity contribution is 5.87. The molecule has 2 N–H and O–H groups in total. The van der Waals surface area contributed by atoms with Gasteiger partial charge >= 0.3 is 6.03 Å². The molecule has 0 bridgehead atoms. The van der Waals surface area contributed by atoms with Gasteiger partial charge in [-0.25, -0.2) is 9.86 Å². The molecule has 3 fully saturated rings. The monoisotopic (exact) mass is 372 g/mol. The molecule has 1 aromatic rings. The maximum Gasteiger partial charge on any atom is 0.344 e. The number of carbonyl (C=O) groups excluding carboxylic acids is 2. The second-order valence-electron chi connectivity index (χ2n) is 8.13. The lowest BCUT2D eigenvalue weighted by Crippen LogP contribution is -2.66. The van der Waals surface area contributed by atoms with Gasteiger partial charge in [-0.05, 0) is 36.7 Å². The van der Waals surface area contributed by atoms with Gasteiger partial charge in [0.1, 0.15) is 12.6 Å². The van der Waals surface area contributed by atoms with Gasteiger partial charge in [-0.1, -0.05) is 30.3 Å². The third kappa shape index (κ3) is 3.80. The normalized spacial score (nSPS) is 24.9. The second kappa shape index (κ2) is 7.48. The van der Waals surface area contributed by atoms with E-state index in [0.717, 1.165) is 37.9 Å². The lowest BCUT2D eigenvalue weighted by Gasteiger charge is -2.54. The maximum atomic E-state index is 12.7. The summed E-state index contributed by atoms with van der Waals surface area (Å²) in [6, 6.07) is 9.33. The Kier molecular flexibility index (Phi) is 5.06. The predicted octanol–water partition coefficient (Wildman–Crippen LogP) is 1.50. The quantitative estimate of drug-likeness (QED) is 0.822. The van der Waals surface area contributed by atoms with Crippen LogP contribution in [-0.4, -0.2) is 60.7 Å². The molecule has 1 saturated carbocycles. The second-order valence-corrected chi connectivity index (χ2v) is 8.13. The minimum Gasteiger partial charge on any atom is -0.352 e. The van der Waals surface area contributed by atoms with Crippen LogP contribution in [0.1, 0.15) is 31.2 Å². The van der Waals surface area contributed by atoms with Crippen molar-refractivity contribution in [2.24, 2.45) is 5.41 Å². The number of nitrogens with zero attached hydrogens (tertiary/aromatic N) is 2. The van der Waals surface area contributed by atoms with Crippen LogP contribution in [0.25, 0.3) is 0 Å². The molecule has 0 unspecified atom stereocenters. The molecule has 4 rings (SSSR count). The van der Waals surface area contributed by atoms with Crippen molar-refractivity contribution in [1.82, 2.24) is 20.6 Å². The number of hydrogen-bond donors (Lipinski definition) is 2. The number of hydrogen-bond acceptors (Lipinski definition) is 4. The summed E-state index contributed by atoms with van der Waals surface area (Å²) < 4.78 is 0. The highest BCUT2D eigenvalue weighted by atomic mass is 16.7. The standard InChI is InChI=1S/C20H28N4O3/c1-23-17(18(25)22-16-10-20(11-16)13-21-14-20)8-5-9-24(19(23)26)27-12-15-6-3-2-4-7-15/h2-4,6-7,16-17,21H,5,8-14H2,1H3,(H,22,25)/t17-/m0/s1. The summed E-state index contributed by atoms with van der Waals surface area (Å²) in [6.07, 6.45) is 3.48. The smallest absolute Gasteiger partial charge is 0.344 e. The van der Waals surface area contributed by atoms with E-state index in [1.807, 2.05) is 30.3 Å². The Morgan fingerprint density at radius 2 is 2.04 bits per heavy atom. The molecule has 1 atom stereocenters. The molecular weight excluding hydrogens is 344 g/mol. The summed E-state index contributed by atoms with van der Waals surface area (Å²) in [6.45, 7) is 2.97. The molecule has 7 nitrogen and oxygen atoms in total. The Labute approximate surface area is 160 Å². The van der Waals surface area contributed by atoms with E-state index in [1.54, 1.807) is 7.05 Å². The molecule has 1 aliphatic carbocycles. The van der Waals surface area contributed by atoms with Crippen molar-refractivity contribution in [3.8, 4) is 0 Å². The topological polar surface area (TPSA) is 73.9 Å². The molecule has 3 amide bonds. The summed E-state index contributed by atoms with van der Waals surface area (Å²) in [7, 11) is 1.69. The van der Waals surface area contributed by atoms with Crippen LogP contribution in [0.3, 0.4) is 0 Å². The Bertz CT molecular complexity index is 684. The molecule has 2 heterocycles. The number of hydroxylamine groups is 2. The van der Waals surface area contributed by atoms with Crippen molar-refractivity contribution in [2.75, 3.05) is 26.7 Å². The van der Waals surface area contributed by atoms with Crippen LogP contribution in [0.15, 0.2) is 30.3 Å². The zero-order chi connectivity index (χ0) is 18.9. The lowest BCUT2D eigenvalue weighted by atomic mass is 9.61. The minimum absolute atomic E-state index is 0.0390. The first-order valence-corrected chi connectivity index (χ1v) is 9.79. The zero-order valence-electron chi connectivity index (χ0n) is 15.8. The summed E-state index contributed by atoms with van der Waals surface area (Å²) in [4.78, 5) is 32.7. The van der Waals surface area contributed by atoms with E-state index in [0.29, 0.717) is 25.0 Å². The Hall–Kier alpha value is -2.12. The van der Waals surface area contributed by atoms with Gasteiger partial charge in [0.05, 0.1) is 6.54 Å². The molecule has 0 radical (unpaired) electrons. The zero-order valence-corrected chi connectivity index (χ0v) is 15.8. The number of benzene rings is 1. The number of amides is 3. The molecule has 1 spiro atoms. The molecule has 7 heteroatoms. The van der Waals surface area contributed by atoms with Gasteiger partial charge in [-0.15, -0.1) is 0 Å². The minimum atomic E-state index is -0.432. The van der Waals surface area contributed by atoms with E-state index in [4.69, 9.17) is 4.84 Å². The Morgan fingerprint density at radius 1 is 1.30 bits per heavy atom. The molecule has 0 aromatic heterocycles. The number of likely N-dealkylation sites (N-methyl/N-ethyl adjacent to an activating group) is 1. The van der Waals surface area contributed by atoms with Gasteiger partial charge < -0.3 is 15.5 Å². The predicted molar refractivity (Wildman–Crippen MR) is 101 cm³/mol. The van der Waals surface area contributed by atoms with E-state index in [2.05, 4.69) is 10.6 Å². The maximum absolute atomic E-state index is 12.7. The number of urea groups is 1. The third-order valence-electron chi connectivity index (χ3n) is 6.06. The first-order chi connectivity index (χ1) is 13.1. The summed E-state index contributed by atoms with van der Waals surface area (Å²) >= 11 is 0. The average Bonchev–Trinajstić information content (AvgIpc) is 2.75. The van der Waals surface area contributed by atoms with Gasteiger partial charge in [0.15, 0.2) is 0 Å². The van der Waals surface area contributed by atoms with E-state index < -0.39 is 6.04 Å². The van der Waals surface area contributed by atoms with Crippen molar-refractivity contribution in [3.63, 3.8) is 0 Å². The summed E-state index contributed by atoms with van der Waals surface area (Å²) in [5, 5.41) is 7.83. The number of nitrogens with one attached hydrogen (secondary N) is 2. The molecule has 2 aliphatic heterocycles. The highest BCUT2D eigenvalue weighted by Crippen LogP contribution is 2.44. The molecule has 3 aliphatic rings. The third-order valence-corrected chi connectivity index (χ3v) is 6.06.